The zero-order valence-electron chi connectivity index (χ0n) is 16.3. The van der Waals surface area contributed by atoms with Crippen LogP contribution in [0, 0.1) is 5.82 Å². The van der Waals surface area contributed by atoms with Gasteiger partial charge in [-0.3, -0.25) is 15.1 Å². The Morgan fingerprint density at radius 3 is 2.62 bits per heavy atom. The molecule has 8 nitrogen and oxygen atoms in total. The maximum atomic E-state index is 14.0. The summed E-state index contributed by atoms with van der Waals surface area (Å²) in [6.07, 6.45) is -1.87. The molecule has 3 heterocycles. The fourth-order valence-electron chi connectivity index (χ4n) is 2.85. The van der Waals surface area contributed by atoms with E-state index in [9.17, 15) is 22.4 Å². The van der Waals surface area contributed by atoms with E-state index in [2.05, 4.69) is 25.7 Å². The molecule has 4 rings (SSSR count). The largest absolute Gasteiger partial charge is 0.494 e. The summed E-state index contributed by atoms with van der Waals surface area (Å²) in [6.45, 7) is 0. The van der Waals surface area contributed by atoms with Gasteiger partial charge >= 0.3 is 6.18 Å². The van der Waals surface area contributed by atoms with Crippen molar-refractivity contribution in [3.8, 4) is 5.75 Å². The first-order valence-corrected chi connectivity index (χ1v) is 9.04. The van der Waals surface area contributed by atoms with E-state index in [1.807, 2.05) is 0 Å². The van der Waals surface area contributed by atoms with Crippen LogP contribution < -0.4 is 15.4 Å². The summed E-state index contributed by atoms with van der Waals surface area (Å²) < 4.78 is 60.1. The van der Waals surface area contributed by atoms with E-state index in [0.29, 0.717) is 0 Å². The number of methoxy groups -OCH3 is 1. The van der Waals surface area contributed by atoms with Gasteiger partial charge in [0.2, 0.25) is 5.95 Å². The molecule has 0 unspecified atom stereocenters. The van der Waals surface area contributed by atoms with Crippen LogP contribution in [0.2, 0.25) is 0 Å². The average molecular weight is 446 g/mol. The number of pyridine rings is 2. The molecule has 1 amide bonds. The molecule has 0 aliphatic rings. The summed E-state index contributed by atoms with van der Waals surface area (Å²) >= 11 is 0. The maximum absolute atomic E-state index is 14.0. The first-order valence-electron chi connectivity index (χ1n) is 9.04. The fourth-order valence-corrected chi connectivity index (χ4v) is 2.85. The lowest BCUT2D eigenvalue weighted by Crippen LogP contribution is -2.13. The number of halogens is 4. The number of aromatic nitrogens is 4. The fraction of sp³-hybridized carbons (Fsp3) is 0.100. The lowest BCUT2D eigenvalue weighted by molar-refractivity contribution is -0.137. The molecule has 0 saturated carbocycles. The Labute approximate surface area is 177 Å². The van der Waals surface area contributed by atoms with Gasteiger partial charge in [-0.05, 0) is 36.4 Å². The lowest BCUT2D eigenvalue weighted by atomic mass is 10.2. The quantitative estimate of drug-likeness (QED) is 0.445. The number of anilines is 3. The molecule has 2 N–H and O–H groups in total. The van der Waals surface area contributed by atoms with E-state index >= 15 is 0 Å². The van der Waals surface area contributed by atoms with Crippen molar-refractivity contribution in [2.75, 3.05) is 17.7 Å². The summed E-state index contributed by atoms with van der Waals surface area (Å²) in [7, 11) is 1.29. The van der Waals surface area contributed by atoms with Gasteiger partial charge in [-0.25, -0.2) is 4.39 Å². The Morgan fingerprint density at radius 1 is 1.16 bits per heavy atom. The average Bonchev–Trinajstić information content (AvgIpc) is 3.16. The van der Waals surface area contributed by atoms with Crippen LogP contribution in [0.4, 0.5) is 35.0 Å². The molecule has 0 fully saturated rings. The summed E-state index contributed by atoms with van der Waals surface area (Å²) in [5.41, 5.74) is -0.813. The number of nitrogens with zero attached hydrogens (tertiary/aromatic N) is 4. The minimum Gasteiger partial charge on any atom is -0.494 e. The normalized spacial score (nSPS) is 11.4. The second-order valence-corrected chi connectivity index (χ2v) is 6.50. The summed E-state index contributed by atoms with van der Waals surface area (Å²) in [5, 5.41) is 9.16. The number of rotatable bonds is 5. The van der Waals surface area contributed by atoms with Crippen LogP contribution in [-0.2, 0) is 6.18 Å². The van der Waals surface area contributed by atoms with Gasteiger partial charge < -0.3 is 10.1 Å². The van der Waals surface area contributed by atoms with Gasteiger partial charge in [0.15, 0.2) is 17.2 Å². The molecular formula is C20H14F4N6O2. The third-order valence-corrected chi connectivity index (χ3v) is 4.34. The van der Waals surface area contributed by atoms with Crippen molar-refractivity contribution < 1.29 is 27.1 Å². The summed E-state index contributed by atoms with van der Waals surface area (Å²) in [6, 6.07) is 8.46. The van der Waals surface area contributed by atoms with E-state index in [4.69, 9.17) is 4.74 Å². The van der Waals surface area contributed by atoms with Gasteiger partial charge in [0.25, 0.3) is 5.91 Å². The first-order chi connectivity index (χ1) is 15.2. The van der Waals surface area contributed by atoms with Gasteiger partial charge in [0.05, 0.1) is 18.2 Å². The molecule has 32 heavy (non-hydrogen) atoms. The SMILES string of the molecule is COc1ccc(Nc2cc(C(F)(F)F)cc3nc(NC(=O)c4cccnc4)nn23)cc1F. The molecule has 0 saturated heterocycles. The monoisotopic (exact) mass is 446 g/mol. The number of ether oxygens (including phenoxy) is 1. The topological polar surface area (TPSA) is 93.4 Å². The van der Waals surface area contributed by atoms with E-state index in [1.54, 1.807) is 6.07 Å². The van der Waals surface area contributed by atoms with Gasteiger partial charge in [-0.1, -0.05) is 0 Å². The predicted molar refractivity (Wildman–Crippen MR) is 106 cm³/mol. The van der Waals surface area contributed by atoms with Crippen molar-refractivity contribution in [3.05, 3.63) is 71.8 Å². The van der Waals surface area contributed by atoms with Gasteiger partial charge in [-0.15, -0.1) is 5.10 Å². The summed E-state index contributed by atoms with van der Waals surface area (Å²) in [4.78, 5) is 20.1. The van der Waals surface area contributed by atoms with Crippen LogP contribution in [-0.4, -0.2) is 32.6 Å². The zero-order chi connectivity index (χ0) is 22.9. The van der Waals surface area contributed by atoms with Crippen molar-refractivity contribution in [1.29, 1.82) is 0 Å². The molecule has 0 aliphatic carbocycles. The standard InChI is InChI=1S/C20H14F4N6O2/c1-32-15-5-4-13(9-14(15)21)26-16-7-12(20(22,23)24)8-17-27-19(29-30(16)17)28-18(31)11-3-2-6-25-10-11/h2-10,26H,1H3,(H,28,29,31). The van der Waals surface area contributed by atoms with Crippen LogP contribution >= 0.6 is 0 Å². The number of hydrogen-bond acceptors (Lipinski definition) is 6. The van der Waals surface area contributed by atoms with Crippen molar-refractivity contribution in [2.24, 2.45) is 0 Å². The van der Waals surface area contributed by atoms with E-state index in [0.717, 1.165) is 22.7 Å². The second-order valence-electron chi connectivity index (χ2n) is 6.50. The van der Waals surface area contributed by atoms with Gasteiger partial charge in [0.1, 0.15) is 5.82 Å². The Bertz CT molecular complexity index is 1290. The highest BCUT2D eigenvalue weighted by molar-refractivity contribution is 6.03. The number of nitrogens with one attached hydrogen (secondary N) is 2. The van der Waals surface area contributed by atoms with Crippen LogP contribution in [0.5, 0.6) is 5.75 Å². The van der Waals surface area contributed by atoms with Crippen molar-refractivity contribution in [1.82, 2.24) is 19.6 Å². The number of alkyl halides is 3. The Morgan fingerprint density at radius 2 is 1.97 bits per heavy atom. The molecule has 4 aromatic rings. The number of fused-ring (bicyclic) bond motifs is 1. The number of amides is 1. The van der Waals surface area contributed by atoms with Crippen molar-refractivity contribution >= 4 is 29.0 Å². The van der Waals surface area contributed by atoms with E-state index in [-0.39, 0.29) is 34.4 Å². The molecule has 0 bridgehead atoms. The molecule has 0 aliphatic heterocycles. The van der Waals surface area contributed by atoms with Crippen LogP contribution in [0.25, 0.3) is 5.65 Å². The Hall–Kier alpha value is -4.22. The third-order valence-electron chi connectivity index (χ3n) is 4.34. The molecule has 1 aromatic carbocycles. The number of carbonyl (C=O) groups excluding carboxylic acids is 1. The molecule has 0 spiro atoms. The minimum absolute atomic E-state index is 0.0223. The van der Waals surface area contributed by atoms with Gasteiger partial charge in [0, 0.05) is 24.1 Å². The molecule has 12 heteroatoms. The second kappa shape index (κ2) is 8.13. The molecule has 3 aromatic heterocycles. The first kappa shape index (κ1) is 21.0. The van der Waals surface area contributed by atoms with Crippen LogP contribution in [0.3, 0.4) is 0 Å². The smallest absolute Gasteiger partial charge is 0.416 e. The molecule has 0 radical (unpaired) electrons. The van der Waals surface area contributed by atoms with E-state index in [1.165, 1.54) is 37.7 Å². The molecule has 0 atom stereocenters. The molecular weight excluding hydrogens is 432 g/mol. The van der Waals surface area contributed by atoms with Crippen LogP contribution in [0.1, 0.15) is 15.9 Å². The van der Waals surface area contributed by atoms with Crippen LogP contribution in [0.15, 0.2) is 54.9 Å². The summed E-state index contributed by atoms with van der Waals surface area (Å²) in [5.74, 6) is -1.68. The number of benzene rings is 1. The zero-order valence-corrected chi connectivity index (χ0v) is 16.3. The van der Waals surface area contributed by atoms with Gasteiger partial charge in [-0.2, -0.15) is 22.7 Å². The Balaban J connectivity index is 1.73. The van der Waals surface area contributed by atoms with E-state index < -0.39 is 23.5 Å². The molecule has 164 valence electrons. The highest BCUT2D eigenvalue weighted by Crippen LogP contribution is 2.33. The third kappa shape index (κ3) is 4.29. The van der Waals surface area contributed by atoms with Crippen molar-refractivity contribution in [2.45, 2.75) is 6.18 Å². The van der Waals surface area contributed by atoms with Crippen molar-refractivity contribution in [3.63, 3.8) is 0 Å². The number of carbonyl (C=O) groups is 1. The predicted octanol–water partition coefficient (Wildman–Crippen LogP) is 4.29. The highest BCUT2D eigenvalue weighted by Gasteiger charge is 2.32. The maximum Gasteiger partial charge on any atom is 0.416 e. The minimum atomic E-state index is -4.67. The lowest BCUT2D eigenvalue weighted by Gasteiger charge is -2.13. The Kier molecular flexibility index (Phi) is 5.34. The highest BCUT2D eigenvalue weighted by atomic mass is 19.4. The number of hydrogen-bond donors (Lipinski definition) is 2.